The third-order valence-electron chi connectivity index (χ3n) is 4.13. The summed E-state index contributed by atoms with van der Waals surface area (Å²) in [5.41, 5.74) is 0.961. The van der Waals surface area contributed by atoms with E-state index in [4.69, 9.17) is 23.3 Å². The molecule has 1 aliphatic rings. The Morgan fingerprint density at radius 2 is 1.85 bits per heavy atom. The van der Waals surface area contributed by atoms with Crippen molar-refractivity contribution >= 4 is 13.4 Å². The molecule has 1 heterocycles. The first-order chi connectivity index (χ1) is 12.7. The van der Waals surface area contributed by atoms with Gasteiger partial charge in [0.1, 0.15) is 24.5 Å². The summed E-state index contributed by atoms with van der Waals surface area (Å²) in [4.78, 5) is 12.6. The van der Waals surface area contributed by atoms with Crippen LogP contribution in [-0.2, 0) is 39.2 Å². The first-order valence-corrected chi connectivity index (χ1v) is 10.3. The molecule has 0 aromatic heterocycles. The molecule has 9 heteroatoms. The van der Waals surface area contributed by atoms with Crippen molar-refractivity contribution in [3.63, 3.8) is 0 Å². The van der Waals surface area contributed by atoms with Crippen molar-refractivity contribution in [3.8, 4) is 0 Å². The number of carbonyl (C=O) groups excluding carboxylic acids is 1. The average molecular weight is 402 g/mol. The van der Waals surface area contributed by atoms with E-state index in [9.17, 15) is 14.5 Å². The van der Waals surface area contributed by atoms with Gasteiger partial charge in [0.05, 0.1) is 13.2 Å². The standard InChI is InChI=1S/C18H27O8P/c1-18(2)25-16(14(19)11-24-10-13-8-6-5-7-9-13)17(26-18)15(20)12-27(21,22-3)23-4/h5-9,14,16-17,19H,10-12H2,1-4H3/t14-,16-,17+/m1/s1. The van der Waals surface area contributed by atoms with Gasteiger partial charge in [-0.3, -0.25) is 9.36 Å². The van der Waals surface area contributed by atoms with Crippen LogP contribution in [0.4, 0.5) is 0 Å². The molecule has 152 valence electrons. The van der Waals surface area contributed by atoms with Crippen LogP contribution in [-0.4, -0.2) is 62.0 Å². The van der Waals surface area contributed by atoms with E-state index >= 15 is 0 Å². The highest BCUT2D eigenvalue weighted by Crippen LogP contribution is 2.47. The molecule has 1 fully saturated rings. The summed E-state index contributed by atoms with van der Waals surface area (Å²) < 4.78 is 38.7. The first kappa shape index (κ1) is 22.2. The van der Waals surface area contributed by atoms with E-state index in [0.717, 1.165) is 5.56 Å². The highest BCUT2D eigenvalue weighted by Gasteiger charge is 2.49. The van der Waals surface area contributed by atoms with Crippen molar-refractivity contribution in [1.82, 2.24) is 0 Å². The second-order valence-electron chi connectivity index (χ2n) is 6.69. The average Bonchev–Trinajstić information content (AvgIpc) is 2.98. The molecule has 0 saturated carbocycles. The summed E-state index contributed by atoms with van der Waals surface area (Å²) in [7, 11) is -1.14. The zero-order chi connectivity index (χ0) is 20.1. The summed E-state index contributed by atoms with van der Waals surface area (Å²) in [5, 5.41) is 10.5. The van der Waals surface area contributed by atoms with Crippen molar-refractivity contribution < 1.29 is 37.7 Å². The lowest BCUT2D eigenvalue weighted by Crippen LogP contribution is -2.43. The molecule has 0 bridgehead atoms. The number of aliphatic hydroxyl groups is 1. The van der Waals surface area contributed by atoms with Gasteiger partial charge < -0.3 is 28.4 Å². The highest BCUT2D eigenvalue weighted by molar-refractivity contribution is 7.54. The topological polar surface area (TPSA) is 101 Å². The van der Waals surface area contributed by atoms with Crippen LogP contribution >= 0.6 is 7.60 Å². The maximum atomic E-state index is 12.6. The van der Waals surface area contributed by atoms with Gasteiger partial charge in [-0.05, 0) is 19.4 Å². The fourth-order valence-electron chi connectivity index (χ4n) is 2.77. The number of hydrogen-bond donors (Lipinski definition) is 1. The maximum Gasteiger partial charge on any atom is 0.337 e. The number of benzene rings is 1. The zero-order valence-corrected chi connectivity index (χ0v) is 16.9. The van der Waals surface area contributed by atoms with Crippen molar-refractivity contribution in [2.75, 3.05) is 27.0 Å². The third-order valence-corrected chi connectivity index (χ3v) is 5.94. The molecule has 2 rings (SSSR count). The molecular weight excluding hydrogens is 375 g/mol. The highest BCUT2D eigenvalue weighted by atomic mass is 31.2. The van der Waals surface area contributed by atoms with Gasteiger partial charge in [0.15, 0.2) is 11.6 Å². The van der Waals surface area contributed by atoms with E-state index in [-0.39, 0.29) is 6.61 Å². The van der Waals surface area contributed by atoms with Crippen LogP contribution in [0.3, 0.4) is 0 Å². The Kier molecular flexibility index (Phi) is 7.71. The number of carbonyl (C=O) groups is 1. The Bertz CT molecular complexity index is 655. The van der Waals surface area contributed by atoms with Crippen LogP contribution < -0.4 is 0 Å². The fourth-order valence-corrected chi connectivity index (χ4v) is 3.74. The molecule has 8 nitrogen and oxygen atoms in total. The second kappa shape index (κ2) is 9.39. The van der Waals surface area contributed by atoms with Crippen molar-refractivity contribution in [2.24, 2.45) is 0 Å². The molecular formula is C18H27O8P. The smallest absolute Gasteiger partial charge is 0.337 e. The quantitative estimate of drug-likeness (QED) is 0.594. The molecule has 1 aliphatic heterocycles. The summed E-state index contributed by atoms with van der Waals surface area (Å²) in [5.74, 6) is -1.60. The number of rotatable bonds is 10. The van der Waals surface area contributed by atoms with Crippen molar-refractivity contribution in [1.29, 1.82) is 0 Å². The Balaban J connectivity index is 1.99. The van der Waals surface area contributed by atoms with Crippen LogP contribution in [0, 0.1) is 0 Å². The van der Waals surface area contributed by atoms with E-state index in [0.29, 0.717) is 6.61 Å². The second-order valence-corrected chi connectivity index (χ2v) is 8.96. The molecule has 27 heavy (non-hydrogen) atoms. The van der Waals surface area contributed by atoms with E-state index in [1.54, 1.807) is 13.8 Å². The summed E-state index contributed by atoms with van der Waals surface area (Å²) in [6, 6.07) is 9.50. The Hall–Kier alpha value is -1.12. The van der Waals surface area contributed by atoms with E-state index in [1.165, 1.54) is 14.2 Å². The lowest BCUT2D eigenvalue weighted by atomic mass is 10.1. The predicted octanol–water partition coefficient (Wildman–Crippen LogP) is 2.14. The Morgan fingerprint density at radius 1 is 1.22 bits per heavy atom. The third kappa shape index (κ3) is 6.19. The minimum Gasteiger partial charge on any atom is -0.388 e. The molecule has 1 aromatic carbocycles. The summed E-state index contributed by atoms with van der Waals surface area (Å²) in [6.45, 7) is 3.54. The fraction of sp³-hybridized carbons (Fsp3) is 0.611. The minimum atomic E-state index is -3.55. The zero-order valence-electron chi connectivity index (χ0n) is 16.0. The van der Waals surface area contributed by atoms with E-state index < -0.39 is 43.6 Å². The predicted molar refractivity (Wildman–Crippen MR) is 97.4 cm³/mol. The molecule has 0 aliphatic carbocycles. The Labute approximate surface area is 159 Å². The molecule has 1 N–H and O–H groups in total. The number of ketones is 1. The molecule has 0 unspecified atom stereocenters. The minimum absolute atomic E-state index is 0.0466. The number of hydrogen-bond acceptors (Lipinski definition) is 8. The van der Waals surface area contributed by atoms with Gasteiger partial charge in [-0.2, -0.15) is 0 Å². The Morgan fingerprint density at radius 3 is 2.44 bits per heavy atom. The monoisotopic (exact) mass is 402 g/mol. The van der Waals surface area contributed by atoms with Gasteiger partial charge in [-0.1, -0.05) is 30.3 Å². The number of ether oxygens (including phenoxy) is 3. The number of aliphatic hydroxyl groups excluding tert-OH is 1. The van der Waals surface area contributed by atoms with Gasteiger partial charge in [0, 0.05) is 14.2 Å². The van der Waals surface area contributed by atoms with Gasteiger partial charge >= 0.3 is 7.60 Å². The van der Waals surface area contributed by atoms with Gasteiger partial charge in [0.25, 0.3) is 0 Å². The van der Waals surface area contributed by atoms with Crippen LogP contribution in [0.1, 0.15) is 19.4 Å². The van der Waals surface area contributed by atoms with E-state index in [2.05, 4.69) is 0 Å². The summed E-state index contributed by atoms with van der Waals surface area (Å²) in [6.07, 6.45) is -3.63. The van der Waals surface area contributed by atoms with Crippen molar-refractivity contribution in [3.05, 3.63) is 35.9 Å². The molecule has 3 atom stereocenters. The summed E-state index contributed by atoms with van der Waals surface area (Å²) >= 11 is 0. The molecule has 0 spiro atoms. The van der Waals surface area contributed by atoms with Crippen LogP contribution in [0.25, 0.3) is 0 Å². The number of Topliss-reactive ketones (excluding diaryl/α,β-unsaturated/α-hetero) is 1. The van der Waals surface area contributed by atoms with Gasteiger partial charge in [-0.15, -0.1) is 0 Å². The largest absolute Gasteiger partial charge is 0.388 e. The van der Waals surface area contributed by atoms with Gasteiger partial charge in [0.2, 0.25) is 0 Å². The molecule has 1 saturated heterocycles. The maximum absolute atomic E-state index is 12.6. The lowest BCUT2D eigenvalue weighted by molar-refractivity contribution is -0.161. The first-order valence-electron chi connectivity index (χ1n) is 8.58. The molecule has 0 radical (unpaired) electrons. The normalized spacial score (nSPS) is 23.3. The van der Waals surface area contributed by atoms with Crippen molar-refractivity contribution in [2.45, 2.75) is 44.6 Å². The van der Waals surface area contributed by atoms with E-state index in [1.807, 2.05) is 30.3 Å². The van der Waals surface area contributed by atoms with Crippen LogP contribution in [0.15, 0.2) is 30.3 Å². The van der Waals surface area contributed by atoms with Crippen LogP contribution in [0.2, 0.25) is 0 Å². The molecule has 0 amide bonds. The molecule has 1 aromatic rings. The van der Waals surface area contributed by atoms with Gasteiger partial charge in [-0.25, -0.2) is 0 Å². The lowest BCUT2D eigenvalue weighted by Gasteiger charge is -2.22. The SMILES string of the molecule is COP(=O)(CC(=O)[C@@H]1OC(C)(C)O[C@@H]1[C@H](O)COCc1ccccc1)OC. The van der Waals surface area contributed by atoms with Crippen LogP contribution in [0.5, 0.6) is 0 Å².